The van der Waals surface area contributed by atoms with E-state index in [9.17, 15) is 23.2 Å². The SMILES string of the molecule is CC(C)(C)OC(=O)N1CCC2(NC(=O)NC2=O)C(F)(F)C1. The van der Waals surface area contributed by atoms with Crippen molar-refractivity contribution in [3.63, 3.8) is 0 Å². The number of imide groups is 1. The van der Waals surface area contributed by atoms with Crippen molar-refractivity contribution < 1.29 is 27.9 Å². The van der Waals surface area contributed by atoms with E-state index in [0.717, 1.165) is 4.90 Å². The highest BCUT2D eigenvalue weighted by Crippen LogP contribution is 2.39. The van der Waals surface area contributed by atoms with Crippen LogP contribution in [0.5, 0.6) is 0 Å². The van der Waals surface area contributed by atoms with Crippen molar-refractivity contribution in [1.29, 1.82) is 0 Å². The average Bonchev–Trinajstić information content (AvgIpc) is 2.57. The summed E-state index contributed by atoms with van der Waals surface area (Å²) in [5.41, 5.74) is -3.09. The molecule has 0 aliphatic carbocycles. The van der Waals surface area contributed by atoms with Crippen LogP contribution in [0.4, 0.5) is 18.4 Å². The predicted molar refractivity (Wildman–Crippen MR) is 66.8 cm³/mol. The van der Waals surface area contributed by atoms with Gasteiger partial charge >= 0.3 is 12.1 Å². The molecule has 0 aromatic carbocycles. The second kappa shape index (κ2) is 4.54. The first-order chi connectivity index (χ1) is 9.47. The fraction of sp³-hybridized carbons (Fsp3) is 0.750. The topological polar surface area (TPSA) is 87.7 Å². The van der Waals surface area contributed by atoms with Gasteiger partial charge in [-0.15, -0.1) is 0 Å². The third kappa shape index (κ3) is 2.64. The Labute approximate surface area is 120 Å². The Bertz CT molecular complexity index is 503. The molecule has 2 rings (SSSR count). The minimum absolute atomic E-state index is 0.113. The molecule has 4 amide bonds. The molecule has 118 valence electrons. The highest BCUT2D eigenvalue weighted by Gasteiger charge is 2.66. The van der Waals surface area contributed by atoms with Gasteiger partial charge < -0.3 is 15.0 Å². The van der Waals surface area contributed by atoms with Crippen molar-refractivity contribution >= 4 is 18.0 Å². The maximum absolute atomic E-state index is 14.3. The van der Waals surface area contributed by atoms with E-state index in [4.69, 9.17) is 4.74 Å². The van der Waals surface area contributed by atoms with Gasteiger partial charge in [-0.1, -0.05) is 0 Å². The van der Waals surface area contributed by atoms with E-state index in [1.54, 1.807) is 20.8 Å². The van der Waals surface area contributed by atoms with Gasteiger partial charge in [-0.25, -0.2) is 18.4 Å². The Morgan fingerprint density at radius 3 is 2.38 bits per heavy atom. The van der Waals surface area contributed by atoms with Crippen LogP contribution in [0, 0.1) is 0 Å². The quantitative estimate of drug-likeness (QED) is 0.649. The molecular formula is C12H17F2N3O4. The number of piperidine rings is 1. The molecule has 1 unspecified atom stereocenters. The van der Waals surface area contributed by atoms with Crippen LogP contribution in [0.25, 0.3) is 0 Å². The number of amides is 4. The predicted octanol–water partition coefficient (Wildman–Crippen LogP) is 0.841. The lowest BCUT2D eigenvalue weighted by atomic mass is 9.84. The van der Waals surface area contributed by atoms with Gasteiger partial charge in [-0.3, -0.25) is 10.1 Å². The van der Waals surface area contributed by atoms with Crippen molar-refractivity contribution in [1.82, 2.24) is 15.5 Å². The molecule has 7 nitrogen and oxygen atoms in total. The summed E-state index contributed by atoms with van der Waals surface area (Å²) in [7, 11) is 0. The third-order valence-electron chi connectivity index (χ3n) is 3.36. The highest BCUT2D eigenvalue weighted by atomic mass is 19.3. The van der Waals surface area contributed by atoms with Crippen LogP contribution in [0.3, 0.4) is 0 Å². The van der Waals surface area contributed by atoms with Gasteiger partial charge in [0.1, 0.15) is 5.60 Å². The van der Waals surface area contributed by atoms with Crippen LogP contribution < -0.4 is 10.6 Å². The fourth-order valence-corrected chi connectivity index (χ4v) is 2.35. The first kappa shape index (κ1) is 15.5. The number of alkyl halides is 2. The lowest BCUT2D eigenvalue weighted by Gasteiger charge is -2.43. The summed E-state index contributed by atoms with van der Waals surface area (Å²) >= 11 is 0. The van der Waals surface area contributed by atoms with Gasteiger partial charge in [-0.2, -0.15) is 0 Å². The molecule has 9 heteroatoms. The molecule has 0 saturated carbocycles. The van der Waals surface area contributed by atoms with E-state index in [1.165, 1.54) is 0 Å². The normalized spacial score (nSPS) is 28.3. The largest absolute Gasteiger partial charge is 0.444 e. The van der Waals surface area contributed by atoms with Gasteiger partial charge in [0.25, 0.3) is 11.8 Å². The molecule has 0 aromatic rings. The zero-order valence-electron chi connectivity index (χ0n) is 12.0. The van der Waals surface area contributed by atoms with Gasteiger partial charge in [-0.05, 0) is 20.8 Å². The van der Waals surface area contributed by atoms with Crippen LogP contribution in [-0.4, -0.2) is 53.1 Å². The van der Waals surface area contributed by atoms with Crippen LogP contribution in [0.2, 0.25) is 0 Å². The number of ether oxygens (including phenoxy) is 1. The molecule has 2 fully saturated rings. The van der Waals surface area contributed by atoms with E-state index in [1.807, 2.05) is 10.6 Å². The number of likely N-dealkylation sites (tertiary alicyclic amines) is 1. The first-order valence-electron chi connectivity index (χ1n) is 6.46. The summed E-state index contributed by atoms with van der Waals surface area (Å²) in [5, 5.41) is 3.80. The Morgan fingerprint density at radius 1 is 1.33 bits per heavy atom. The molecule has 2 saturated heterocycles. The molecule has 1 spiro atoms. The minimum atomic E-state index is -3.58. The van der Waals surface area contributed by atoms with Crippen molar-refractivity contribution in [3.05, 3.63) is 0 Å². The molecule has 21 heavy (non-hydrogen) atoms. The van der Waals surface area contributed by atoms with Gasteiger partial charge in [0, 0.05) is 13.0 Å². The summed E-state index contributed by atoms with van der Waals surface area (Å²) in [6.07, 6.45) is -1.25. The fourth-order valence-electron chi connectivity index (χ4n) is 2.35. The summed E-state index contributed by atoms with van der Waals surface area (Å²) in [5.74, 6) is -4.65. The molecule has 0 aromatic heterocycles. The lowest BCUT2D eigenvalue weighted by Crippen LogP contribution is -2.69. The molecule has 2 heterocycles. The summed E-state index contributed by atoms with van der Waals surface area (Å²) in [4.78, 5) is 35.5. The van der Waals surface area contributed by atoms with Crippen molar-refractivity contribution in [2.75, 3.05) is 13.1 Å². The Hall–Kier alpha value is -1.93. The number of nitrogens with zero attached hydrogens (tertiary/aromatic N) is 1. The van der Waals surface area contributed by atoms with Crippen molar-refractivity contribution in [2.45, 2.75) is 44.3 Å². The van der Waals surface area contributed by atoms with E-state index < -0.39 is 41.6 Å². The van der Waals surface area contributed by atoms with E-state index >= 15 is 0 Å². The summed E-state index contributed by atoms with van der Waals surface area (Å²) in [6, 6.07) is -0.953. The summed E-state index contributed by atoms with van der Waals surface area (Å²) in [6.45, 7) is 3.77. The number of nitrogens with one attached hydrogen (secondary N) is 2. The monoisotopic (exact) mass is 305 g/mol. The first-order valence-corrected chi connectivity index (χ1v) is 6.46. The average molecular weight is 305 g/mol. The number of urea groups is 1. The van der Waals surface area contributed by atoms with Crippen LogP contribution in [0.1, 0.15) is 27.2 Å². The molecule has 1 atom stereocenters. The van der Waals surface area contributed by atoms with E-state index in [2.05, 4.69) is 0 Å². The molecule has 2 N–H and O–H groups in total. The van der Waals surface area contributed by atoms with E-state index in [-0.39, 0.29) is 13.0 Å². The number of hydrogen-bond donors (Lipinski definition) is 2. The zero-order chi connectivity index (χ0) is 16.1. The number of carbonyl (C=O) groups excluding carboxylic acids is 3. The van der Waals surface area contributed by atoms with Crippen LogP contribution in [-0.2, 0) is 9.53 Å². The molecular weight excluding hydrogens is 288 g/mol. The van der Waals surface area contributed by atoms with Crippen LogP contribution >= 0.6 is 0 Å². The number of hydrogen-bond acceptors (Lipinski definition) is 4. The second-order valence-corrected chi connectivity index (χ2v) is 6.17. The summed E-state index contributed by atoms with van der Waals surface area (Å²) < 4.78 is 33.6. The maximum Gasteiger partial charge on any atom is 0.410 e. The van der Waals surface area contributed by atoms with Gasteiger partial charge in [0.15, 0.2) is 5.54 Å². The number of halogens is 2. The van der Waals surface area contributed by atoms with E-state index in [0.29, 0.717) is 0 Å². The smallest absolute Gasteiger partial charge is 0.410 e. The van der Waals surface area contributed by atoms with Crippen molar-refractivity contribution in [3.8, 4) is 0 Å². The second-order valence-electron chi connectivity index (χ2n) is 6.17. The molecule has 2 aliphatic rings. The number of carbonyl (C=O) groups is 3. The number of rotatable bonds is 0. The van der Waals surface area contributed by atoms with Crippen molar-refractivity contribution in [2.24, 2.45) is 0 Å². The lowest BCUT2D eigenvalue weighted by molar-refractivity contribution is -0.156. The maximum atomic E-state index is 14.3. The molecule has 2 aliphatic heterocycles. The Kier molecular flexibility index (Phi) is 3.34. The highest BCUT2D eigenvalue weighted by molar-refractivity contribution is 6.08. The van der Waals surface area contributed by atoms with Gasteiger partial charge in [0.05, 0.1) is 6.54 Å². The molecule has 0 bridgehead atoms. The Morgan fingerprint density at radius 2 is 1.95 bits per heavy atom. The minimum Gasteiger partial charge on any atom is -0.444 e. The zero-order valence-corrected chi connectivity index (χ0v) is 12.0. The van der Waals surface area contributed by atoms with Crippen LogP contribution in [0.15, 0.2) is 0 Å². The molecule has 0 radical (unpaired) electrons. The third-order valence-corrected chi connectivity index (χ3v) is 3.36. The van der Waals surface area contributed by atoms with Gasteiger partial charge in [0.2, 0.25) is 0 Å². The standard InChI is InChI=1S/C12H17F2N3O4/c1-10(2,3)21-9(20)17-5-4-11(12(13,14)6-17)7(18)15-8(19)16-11/h4-6H2,1-3H3,(H2,15,16,18,19). The Balaban J connectivity index is 2.15.